The number of ether oxygens (including phenoxy) is 2. The van der Waals surface area contributed by atoms with Gasteiger partial charge < -0.3 is 20.1 Å². The molecule has 0 aliphatic carbocycles. The number of para-hydroxylation sites is 2. The van der Waals surface area contributed by atoms with E-state index in [1.807, 2.05) is 74.5 Å². The molecule has 0 saturated carbocycles. The zero-order valence-corrected chi connectivity index (χ0v) is 18.3. The van der Waals surface area contributed by atoms with Crippen LogP contribution in [0.25, 0.3) is 0 Å². The summed E-state index contributed by atoms with van der Waals surface area (Å²) in [5, 5.41) is 5.73. The third-order valence-corrected chi connectivity index (χ3v) is 4.77. The fraction of sp³-hybridized carbons (Fsp3) is 0.231. The number of anilines is 2. The minimum Gasteiger partial charge on any atom is -0.481 e. The van der Waals surface area contributed by atoms with Crippen LogP contribution >= 0.6 is 0 Å². The second-order valence-electron chi connectivity index (χ2n) is 7.21. The van der Waals surface area contributed by atoms with Gasteiger partial charge in [0.05, 0.1) is 0 Å². The molecule has 32 heavy (non-hydrogen) atoms. The van der Waals surface area contributed by atoms with Crippen LogP contribution in [0.15, 0.2) is 84.9 Å². The maximum atomic E-state index is 12.7. The molecule has 0 bridgehead atoms. The molecule has 3 aromatic carbocycles. The molecule has 6 heteroatoms. The molecule has 0 aromatic heterocycles. The summed E-state index contributed by atoms with van der Waals surface area (Å²) in [4.78, 5) is 25.4. The highest BCUT2D eigenvalue weighted by molar-refractivity contribution is 5.97. The first-order valence-corrected chi connectivity index (χ1v) is 10.7. The number of nitrogens with one attached hydrogen (secondary N) is 2. The van der Waals surface area contributed by atoms with Gasteiger partial charge in [-0.1, -0.05) is 56.3 Å². The van der Waals surface area contributed by atoms with Gasteiger partial charge in [0, 0.05) is 11.4 Å². The normalized spacial score (nSPS) is 12.3. The average molecular weight is 433 g/mol. The second kappa shape index (κ2) is 11.6. The van der Waals surface area contributed by atoms with Crippen molar-refractivity contribution in [2.45, 2.75) is 38.9 Å². The van der Waals surface area contributed by atoms with Crippen LogP contribution in [-0.2, 0) is 9.59 Å². The monoisotopic (exact) mass is 432 g/mol. The number of rotatable bonds is 10. The highest BCUT2D eigenvalue weighted by Crippen LogP contribution is 2.19. The van der Waals surface area contributed by atoms with E-state index in [-0.39, 0.29) is 11.8 Å². The van der Waals surface area contributed by atoms with E-state index in [1.54, 1.807) is 24.3 Å². The Kier molecular flexibility index (Phi) is 8.26. The molecular formula is C26H28N2O4. The molecule has 0 fully saturated rings. The maximum absolute atomic E-state index is 12.7. The van der Waals surface area contributed by atoms with Crippen LogP contribution in [0.1, 0.15) is 26.7 Å². The molecule has 2 atom stereocenters. The van der Waals surface area contributed by atoms with Crippen LogP contribution in [0.2, 0.25) is 0 Å². The van der Waals surface area contributed by atoms with E-state index in [2.05, 4.69) is 10.6 Å². The van der Waals surface area contributed by atoms with Crippen molar-refractivity contribution in [3.05, 3.63) is 84.9 Å². The van der Waals surface area contributed by atoms with Crippen molar-refractivity contribution in [1.82, 2.24) is 0 Å². The van der Waals surface area contributed by atoms with Crippen molar-refractivity contribution in [3.8, 4) is 11.5 Å². The second-order valence-corrected chi connectivity index (χ2v) is 7.21. The summed E-state index contributed by atoms with van der Waals surface area (Å²) in [7, 11) is 0. The van der Waals surface area contributed by atoms with Crippen LogP contribution in [0.3, 0.4) is 0 Å². The molecule has 0 radical (unpaired) electrons. The summed E-state index contributed by atoms with van der Waals surface area (Å²) in [6.45, 7) is 3.78. The summed E-state index contributed by atoms with van der Waals surface area (Å²) in [6, 6.07) is 25.5. The lowest BCUT2D eigenvalue weighted by atomic mass is 10.2. The van der Waals surface area contributed by atoms with Crippen molar-refractivity contribution < 1.29 is 19.1 Å². The van der Waals surface area contributed by atoms with Gasteiger partial charge >= 0.3 is 0 Å². The van der Waals surface area contributed by atoms with Crippen molar-refractivity contribution in [3.63, 3.8) is 0 Å². The Labute approximate surface area is 188 Å². The van der Waals surface area contributed by atoms with Gasteiger partial charge in [-0.2, -0.15) is 0 Å². The van der Waals surface area contributed by atoms with Gasteiger partial charge in [0.15, 0.2) is 12.2 Å². The first-order chi connectivity index (χ1) is 15.6. The number of hydrogen-bond donors (Lipinski definition) is 2. The van der Waals surface area contributed by atoms with Crippen LogP contribution in [0.5, 0.6) is 11.5 Å². The fourth-order valence-electron chi connectivity index (χ4n) is 3.09. The van der Waals surface area contributed by atoms with Gasteiger partial charge in [0.25, 0.3) is 11.8 Å². The Balaban J connectivity index is 1.61. The van der Waals surface area contributed by atoms with Crippen LogP contribution < -0.4 is 20.1 Å². The average Bonchev–Trinajstić information content (AvgIpc) is 2.82. The third kappa shape index (κ3) is 6.60. The summed E-state index contributed by atoms with van der Waals surface area (Å²) in [6.07, 6.45) is -0.211. The summed E-state index contributed by atoms with van der Waals surface area (Å²) < 4.78 is 11.6. The van der Waals surface area contributed by atoms with Gasteiger partial charge in [-0.25, -0.2) is 0 Å². The number of carbonyl (C=O) groups is 2. The zero-order chi connectivity index (χ0) is 22.8. The van der Waals surface area contributed by atoms with E-state index >= 15 is 0 Å². The summed E-state index contributed by atoms with van der Waals surface area (Å²) >= 11 is 0. The number of amides is 2. The number of benzene rings is 3. The van der Waals surface area contributed by atoms with E-state index in [1.165, 1.54) is 0 Å². The smallest absolute Gasteiger partial charge is 0.265 e. The Morgan fingerprint density at radius 2 is 1.06 bits per heavy atom. The van der Waals surface area contributed by atoms with Crippen LogP contribution in [0, 0.1) is 0 Å². The molecule has 3 rings (SSSR count). The Morgan fingerprint density at radius 3 is 1.44 bits per heavy atom. The molecule has 166 valence electrons. The Morgan fingerprint density at radius 1 is 0.656 bits per heavy atom. The molecule has 0 aliphatic rings. The van der Waals surface area contributed by atoms with Crippen LogP contribution in [-0.4, -0.2) is 24.0 Å². The third-order valence-electron chi connectivity index (χ3n) is 4.77. The number of hydrogen-bond acceptors (Lipinski definition) is 4. The summed E-state index contributed by atoms with van der Waals surface area (Å²) in [5.41, 5.74) is 1.14. The summed E-state index contributed by atoms with van der Waals surface area (Å²) in [5.74, 6) is 0.774. The van der Waals surface area contributed by atoms with Crippen molar-refractivity contribution >= 4 is 23.2 Å². The Hall–Kier alpha value is -3.80. The highest BCUT2D eigenvalue weighted by atomic mass is 16.5. The molecule has 6 nitrogen and oxygen atoms in total. The molecule has 2 N–H and O–H groups in total. The van der Waals surface area contributed by atoms with E-state index in [9.17, 15) is 9.59 Å². The SMILES string of the molecule is CCC(Oc1ccccc1)C(=O)Nc1cccc(NC(=O)C(CC)Oc2ccccc2)c1. The first-order valence-electron chi connectivity index (χ1n) is 10.7. The lowest BCUT2D eigenvalue weighted by Gasteiger charge is -2.19. The van der Waals surface area contributed by atoms with Crippen LogP contribution in [0.4, 0.5) is 11.4 Å². The molecule has 2 unspecified atom stereocenters. The first kappa shape index (κ1) is 22.9. The van der Waals surface area contributed by atoms with E-state index in [0.717, 1.165) is 0 Å². The maximum Gasteiger partial charge on any atom is 0.265 e. The number of carbonyl (C=O) groups excluding carboxylic acids is 2. The standard InChI is InChI=1S/C26H28N2O4/c1-3-23(31-21-14-7-5-8-15-21)25(29)27-19-12-11-13-20(18-19)28-26(30)24(4-2)32-22-16-9-6-10-17-22/h5-18,23-24H,3-4H2,1-2H3,(H,27,29)(H,28,30). The molecule has 2 amide bonds. The van der Waals surface area contributed by atoms with Gasteiger partial charge in [-0.05, 0) is 55.3 Å². The fourth-order valence-corrected chi connectivity index (χ4v) is 3.09. The predicted octanol–water partition coefficient (Wildman–Crippen LogP) is 5.28. The largest absolute Gasteiger partial charge is 0.481 e. The lowest BCUT2D eigenvalue weighted by Crippen LogP contribution is -2.33. The topological polar surface area (TPSA) is 76.7 Å². The van der Waals surface area contributed by atoms with Gasteiger partial charge in [0.2, 0.25) is 0 Å². The molecule has 0 saturated heterocycles. The molecule has 3 aromatic rings. The van der Waals surface area contributed by atoms with E-state index in [0.29, 0.717) is 35.7 Å². The molecule has 0 heterocycles. The highest BCUT2D eigenvalue weighted by Gasteiger charge is 2.20. The predicted molar refractivity (Wildman–Crippen MR) is 126 cm³/mol. The zero-order valence-electron chi connectivity index (χ0n) is 18.3. The molecular weight excluding hydrogens is 404 g/mol. The van der Waals surface area contributed by atoms with E-state index < -0.39 is 12.2 Å². The molecule has 0 spiro atoms. The molecule has 0 aliphatic heterocycles. The minimum atomic E-state index is -0.626. The van der Waals surface area contributed by atoms with Gasteiger partial charge in [-0.15, -0.1) is 0 Å². The Bertz CT molecular complexity index is 930. The van der Waals surface area contributed by atoms with Crippen molar-refractivity contribution in [1.29, 1.82) is 0 Å². The van der Waals surface area contributed by atoms with Crippen molar-refractivity contribution in [2.75, 3.05) is 10.6 Å². The van der Waals surface area contributed by atoms with Gasteiger partial charge in [-0.3, -0.25) is 9.59 Å². The van der Waals surface area contributed by atoms with Gasteiger partial charge in [0.1, 0.15) is 11.5 Å². The van der Waals surface area contributed by atoms with E-state index in [4.69, 9.17) is 9.47 Å². The van der Waals surface area contributed by atoms with Crippen molar-refractivity contribution in [2.24, 2.45) is 0 Å². The minimum absolute atomic E-state index is 0.251. The quantitative estimate of drug-likeness (QED) is 0.457. The lowest BCUT2D eigenvalue weighted by molar-refractivity contribution is -0.123.